The van der Waals surface area contributed by atoms with Gasteiger partial charge in [0.15, 0.2) is 0 Å². The highest BCUT2D eigenvalue weighted by Gasteiger charge is 2.19. The fraction of sp³-hybridized carbons (Fsp3) is 1.00. The molecule has 0 amide bonds. The minimum Gasteiger partial charge on any atom is -1.00 e. The monoisotopic (exact) mass is 228 g/mol. The lowest BCUT2D eigenvalue weighted by molar-refractivity contribution is -0.878. The Morgan fingerprint density at radius 3 is 2.12 bits per heavy atom. The van der Waals surface area contributed by atoms with Gasteiger partial charge >= 0.3 is 0 Å². The van der Waals surface area contributed by atoms with Crippen LogP contribution < -0.4 is 29.3 Å². The Hall–Kier alpha value is 0.650. The Balaban J connectivity index is 0.000000490. The van der Waals surface area contributed by atoms with Gasteiger partial charge in [-0.2, -0.15) is 0 Å². The normalized spacial score (nSPS) is 24.8. The lowest BCUT2D eigenvalue weighted by atomic mass is 10.6. The fourth-order valence-electron chi connectivity index (χ4n) is 0.842. The fourth-order valence-corrected chi connectivity index (χ4v) is 0.842. The molecule has 0 unspecified atom stereocenters. The molecule has 0 radical (unpaired) electrons. The zero-order valence-corrected chi connectivity index (χ0v) is 7.60. The summed E-state index contributed by atoms with van der Waals surface area (Å²) in [6.45, 7) is 3.60. The van der Waals surface area contributed by atoms with Crippen LogP contribution in [0, 0.1) is 0 Å². The third-order valence-electron chi connectivity index (χ3n) is 1.43. The van der Waals surface area contributed by atoms with E-state index in [1.807, 2.05) is 0 Å². The minimum absolute atomic E-state index is 0. The predicted molar refractivity (Wildman–Crippen MR) is 29.8 cm³/mol. The first-order valence-corrected chi connectivity index (χ1v) is 2.73. The molecular weight excluding hydrogens is 215 g/mol. The minimum atomic E-state index is 0. The number of likely N-dealkylation sites (N-methyl/N-ethyl adjacent to an activating group) is 1. The van der Waals surface area contributed by atoms with Gasteiger partial charge in [0, 0.05) is 6.54 Å². The van der Waals surface area contributed by atoms with Crippen LogP contribution in [0.4, 0.5) is 0 Å². The molecule has 0 saturated carbocycles. The third kappa shape index (κ3) is 2.28. The number of rotatable bonds is 0. The third-order valence-corrected chi connectivity index (χ3v) is 1.43. The zero-order valence-electron chi connectivity index (χ0n) is 5.45. The first-order valence-electron chi connectivity index (χ1n) is 2.73. The van der Waals surface area contributed by atoms with E-state index in [1.54, 1.807) is 0 Å². The molecule has 2 nitrogen and oxygen atoms in total. The van der Waals surface area contributed by atoms with Crippen LogP contribution in [0.15, 0.2) is 0 Å². The standard InChI is InChI=1S/C5H13N2.HI/c1-7(2)4-3-6-5-7;/h6H,3-5H2,1-2H3;1H/q+1;/p-1. The second-order valence-electron chi connectivity index (χ2n) is 2.82. The Bertz CT molecular complexity index is 64.8. The summed E-state index contributed by atoms with van der Waals surface area (Å²) in [4.78, 5) is 0. The summed E-state index contributed by atoms with van der Waals surface area (Å²) in [5.41, 5.74) is 0. The van der Waals surface area contributed by atoms with Crippen molar-refractivity contribution in [3.05, 3.63) is 0 Å². The summed E-state index contributed by atoms with van der Waals surface area (Å²) in [6, 6.07) is 0. The van der Waals surface area contributed by atoms with Crippen molar-refractivity contribution in [3.8, 4) is 0 Å². The number of hydrogen-bond acceptors (Lipinski definition) is 1. The average molecular weight is 228 g/mol. The highest BCUT2D eigenvalue weighted by atomic mass is 127. The van der Waals surface area contributed by atoms with Gasteiger partial charge in [0.2, 0.25) is 0 Å². The maximum absolute atomic E-state index is 3.28. The van der Waals surface area contributed by atoms with E-state index in [1.165, 1.54) is 13.1 Å². The highest BCUT2D eigenvalue weighted by molar-refractivity contribution is 4.46. The van der Waals surface area contributed by atoms with Crippen molar-refractivity contribution >= 4 is 0 Å². The Morgan fingerprint density at radius 2 is 2.00 bits per heavy atom. The van der Waals surface area contributed by atoms with E-state index in [-0.39, 0.29) is 24.0 Å². The molecule has 8 heavy (non-hydrogen) atoms. The largest absolute Gasteiger partial charge is 1.00 e. The predicted octanol–water partition coefficient (Wildman–Crippen LogP) is -3.37. The Kier molecular flexibility index (Phi) is 3.23. The van der Waals surface area contributed by atoms with E-state index in [4.69, 9.17) is 0 Å². The SMILES string of the molecule is C[N+]1(C)CCNC1.[I-]. The van der Waals surface area contributed by atoms with E-state index in [0.717, 1.165) is 11.2 Å². The number of nitrogens with one attached hydrogen (secondary N) is 1. The molecule has 1 aliphatic heterocycles. The van der Waals surface area contributed by atoms with Gasteiger partial charge in [-0.05, 0) is 0 Å². The van der Waals surface area contributed by atoms with Crippen LogP contribution in [-0.2, 0) is 0 Å². The summed E-state index contributed by atoms with van der Waals surface area (Å²) in [5, 5.41) is 3.28. The van der Waals surface area contributed by atoms with Crippen molar-refractivity contribution in [2.45, 2.75) is 0 Å². The molecule has 1 aliphatic rings. The van der Waals surface area contributed by atoms with Crippen molar-refractivity contribution in [2.75, 3.05) is 33.9 Å². The number of quaternary nitrogens is 1. The van der Waals surface area contributed by atoms with Crippen molar-refractivity contribution in [1.82, 2.24) is 5.32 Å². The first kappa shape index (κ1) is 8.65. The van der Waals surface area contributed by atoms with Gasteiger partial charge in [-0.1, -0.05) is 0 Å². The van der Waals surface area contributed by atoms with Crippen molar-refractivity contribution in [1.29, 1.82) is 0 Å². The molecule has 0 aromatic heterocycles. The average Bonchev–Trinajstić information content (AvgIpc) is 1.84. The van der Waals surface area contributed by atoms with E-state index in [2.05, 4.69) is 19.4 Å². The lowest BCUT2D eigenvalue weighted by Gasteiger charge is -2.20. The Morgan fingerprint density at radius 1 is 1.38 bits per heavy atom. The highest BCUT2D eigenvalue weighted by Crippen LogP contribution is 1.97. The molecule has 0 aromatic carbocycles. The van der Waals surface area contributed by atoms with Crippen LogP contribution in [0.1, 0.15) is 0 Å². The van der Waals surface area contributed by atoms with Crippen LogP contribution in [0.25, 0.3) is 0 Å². The van der Waals surface area contributed by atoms with Crippen LogP contribution >= 0.6 is 0 Å². The lowest BCUT2D eigenvalue weighted by Crippen LogP contribution is -3.00. The van der Waals surface area contributed by atoms with Crippen LogP contribution in [-0.4, -0.2) is 38.3 Å². The first-order chi connectivity index (χ1) is 3.21. The van der Waals surface area contributed by atoms with Gasteiger partial charge in [-0.3, -0.25) is 5.32 Å². The smallest absolute Gasteiger partial charge is 0.132 e. The molecular formula is C5H13IN2. The van der Waals surface area contributed by atoms with Gasteiger partial charge in [0.05, 0.1) is 20.6 Å². The van der Waals surface area contributed by atoms with Crippen molar-refractivity contribution in [3.63, 3.8) is 0 Å². The molecule has 50 valence electrons. The molecule has 3 heteroatoms. The molecule has 1 fully saturated rings. The molecule has 0 aromatic rings. The van der Waals surface area contributed by atoms with Gasteiger partial charge in [0.1, 0.15) is 6.67 Å². The van der Waals surface area contributed by atoms with Gasteiger partial charge < -0.3 is 28.5 Å². The van der Waals surface area contributed by atoms with E-state index >= 15 is 0 Å². The number of nitrogens with zero attached hydrogens (tertiary/aromatic N) is 1. The molecule has 1 heterocycles. The second-order valence-corrected chi connectivity index (χ2v) is 2.82. The number of hydrogen-bond donors (Lipinski definition) is 1. The summed E-state index contributed by atoms with van der Waals surface area (Å²) >= 11 is 0. The molecule has 0 bridgehead atoms. The van der Waals surface area contributed by atoms with E-state index < -0.39 is 0 Å². The van der Waals surface area contributed by atoms with Crippen LogP contribution in [0.5, 0.6) is 0 Å². The van der Waals surface area contributed by atoms with Crippen molar-refractivity contribution in [2.24, 2.45) is 0 Å². The molecule has 0 atom stereocenters. The summed E-state index contributed by atoms with van der Waals surface area (Å²) in [6.07, 6.45) is 0. The van der Waals surface area contributed by atoms with E-state index in [0.29, 0.717) is 0 Å². The molecule has 1 N–H and O–H groups in total. The van der Waals surface area contributed by atoms with Crippen molar-refractivity contribution < 1.29 is 28.5 Å². The molecule has 0 spiro atoms. The molecule has 1 rings (SSSR count). The van der Waals surface area contributed by atoms with E-state index in [9.17, 15) is 0 Å². The van der Waals surface area contributed by atoms with Gasteiger partial charge in [-0.25, -0.2) is 0 Å². The second kappa shape index (κ2) is 2.98. The summed E-state index contributed by atoms with van der Waals surface area (Å²) in [7, 11) is 4.47. The number of halogens is 1. The van der Waals surface area contributed by atoms with Gasteiger partial charge in [-0.15, -0.1) is 0 Å². The quantitative estimate of drug-likeness (QED) is 0.337. The summed E-state index contributed by atoms with van der Waals surface area (Å²) < 4.78 is 1.14. The topological polar surface area (TPSA) is 12.0 Å². The maximum atomic E-state index is 3.28. The van der Waals surface area contributed by atoms with Crippen LogP contribution in [0.2, 0.25) is 0 Å². The van der Waals surface area contributed by atoms with Crippen LogP contribution in [0.3, 0.4) is 0 Å². The maximum Gasteiger partial charge on any atom is 0.132 e. The molecule has 0 aliphatic carbocycles. The Labute approximate surface area is 67.9 Å². The van der Waals surface area contributed by atoms with Gasteiger partial charge in [0.25, 0.3) is 0 Å². The summed E-state index contributed by atoms with van der Waals surface area (Å²) in [5.74, 6) is 0. The zero-order chi connectivity index (χ0) is 5.33. The molecule has 1 saturated heterocycles.